The van der Waals surface area contributed by atoms with E-state index >= 15 is 0 Å². The Labute approximate surface area is 72.8 Å². The van der Waals surface area contributed by atoms with Gasteiger partial charge in [0.05, 0.1) is 25.4 Å². The molecule has 5 N–H and O–H groups in total. The summed E-state index contributed by atoms with van der Waals surface area (Å²) in [5, 5.41) is 25.0. The summed E-state index contributed by atoms with van der Waals surface area (Å²) in [5.74, 6) is 0. The molecule has 9 heavy (non-hydrogen) atoms. The van der Waals surface area contributed by atoms with Gasteiger partial charge < -0.3 is 23.9 Å². The van der Waals surface area contributed by atoms with Crippen molar-refractivity contribution in [2.75, 3.05) is 19.8 Å². The zero-order chi connectivity index (χ0) is 6.62. The van der Waals surface area contributed by atoms with Crippen molar-refractivity contribution < 1.29 is 18.2 Å². The van der Waals surface area contributed by atoms with E-state index in [1.165, 1.54) is 0 Å². The fourth-order valence-corrected chi connectivity index (χ4v) is 0.150. The Balaban J connectivity index is -0.0000000817. The molecular formula is C4H13MgNO3. The molecule has 0 unspecified atom stereocenters. The van der Waals surface area contributed by atoms with Crippen LogP contribution >= 0.6 is 0 Å². The molecule has 0 heterocycles. The maximum Gasteiger partial charge on any atom is 2.00 e. The van der Waals surface area contributed by atoms with Gasteiger partial charge >= 0.3 is 23.1 Å². The Hall–Kier alpha value is 0.606. The zero-order valence-electron chi connectivity index (χ0n) is 7.25. The van der Waals surface area contributed by atoms with Gasteiger partial charge in [0.1, 0.15) is 0 Å². The van der Waals surface area contributed by atoms with Crippen LogP contribution in [0.25, 0.3) is 0 Å². The van der Waals surface area contributed by atoms with Crippen LogP contribution in [0.5, 0.6) is 0 Å². The van der Waals surface area contributed by atoms with Crippen LogP contribution in [0, 0.1) is 0 Å². The number of hydrogen-bond acceptors (Lipinski definition) is 4. The molecule has 0 aromatic carbocycles. The first-order valence-corrected chi connectivity index (χ1v) is 2.30. The van der Waals surface area contributed by atoms with Crippen molar-refractivity contribution in [3.8, 4) is 0 Å². The Morgan fingerprint density at radius 2 is 1.33 bits per heavy atom. The van der Waals surface area contributed by atoms with Crippen LogP contribution in [0.1, 0.15) is 2.85 Å². The van der Waals surface area contributed by atoms with E-state index in [-0.39, 0.29) is 25.9 Å². The Morgan fingerprint density at radius 1 is 1.11 bits per heavy atom. The summed E-state index contributed by atoms with van der Waals surface area (Å²) in [7, 11) is 0. The molecule has 0 saturated heterocycles. The van der Waals surface area contributed by atoms with E-state index in [0.29, 0.717) is 0 Å². The van der Waals surface area contributed by atoms with Crippen LogP contribution in [0.2, 0.25) is 0 Å². The molecule has 4 nitrogen and oxygen atoms in total. The summed E-state index contributed by atoms with van der Waals surface area (Å²) in [5.41, 5.74) is 3.94. The minimum atomic E-state index is -1.21. The van der Waals surface area contributed by atoms with E-state index in [1.807, 2.05) is 0 Å². The largest absolute Gasteiger partial charge is 2.00 e. The van der Waals surface area contributed by atoms with Gasteiger partial charge in [-0.1, -0.05) is 0 Å². The van der Waals surface area contributed by atoms with Gasteiger partial charge in [-0.05, 0) is 0 Å². The second-order valence-corrected chi connectivity index (χ2v) is 1.84. The molecule has 0 saturated carbocycles. The van der Waals surface area contributed by atoms with Crippen molar-refractivity contribution >= 4 is 23.1 Å². The van der Waals surface area contributed by atoms with Crippen molar-refractivity contribution in [1.29, 1.82) is 0 Å². The summed E-state index contributed by atoms with van der Waals surface area (Å²) in [6, 6.07) is 0. The van der Waals surface area contributed by atoms with Crippen molar-refractivity contribution in [1.82, 2.24) is 0 Å². The van der Waals surface area contributed by atoms with Gasteiger partial charge in [0.2, 0.25) is 0 Å². The first-order valence-electron chi connectivity index (χ1n) is 2.30. The topological polar surface area (TPSA) is 86.7 Å². The molecule has 0 fully saturated rings. The van der Waals surface area contributed by atoms with E-state index < -0.39 is 25.4 Å². The standard InChI is InChI=1S/C4H11NO3.Mg.2H/c5-4(1-6,2-7)3-8;;;/h6-8H,1-3,5H2;;;/q;+2;2*-1. The molecule has 0 radical (unpaired) electrons. The van der Waals surface area contributed by atoms with Crippen molar-refractivity contribution in [3.63, 3.8) is 0 Å². The van der Waals surface area contributed by atoms with Gasteiger partial charge in [-0.2, -0.15) is 0 Å². The van der Waals surface area contributed by atoms with Gasteiger partial charge in [-0.3, -0.25) is 0 Å². The molecular weight excluding hydrogens is 134 g/mol. The second-order valence-electron chi connectivity index (χ2n) is 1.84. The first-order chi connectivity index (χ1) is 3.68. The number of aliphatic hydroxyl groups excluding tert-OH is 3. The van der Waals surface area contributed by atoms with Gasteiger partial charge in [0.25, 0.3) is 0 Å². The van der Waals surface area contributed by atoms with E-state index in [2.05, 4.69) is 0 Å². The van der Waals surface area contributed by atoms with Crippen LogP contribution in [0.15, 0.2) is 0 Å². The van der Waals surface area contributed by atoms with E-state index in [1.54, 1.807) is 0 Å². The summed E-state index contributed by atoms with van der Waals surface area (Å²) in [4.78, 5) is 0. The molecule has 0 aliphatic carbocycles. The van der Waals surface area contributed by atoms with Gasteiger partial charge in [0.15, 0.2) is 0 Å². The van der Waals surface area contributed by atoms with E-state index in [4.69, 9.17) is 21.1 Å². The number of nitrogens with two attached hydrogens (primary N) is 1. The average molecular weight is 147 g/mol. The molecule has 54 valence electrons. The molecule has 0 bridgehead atoms. The molecule has 5 heteroatoms. The second kappa shape index (κ2) is 5.40. The van der Waals surface area contributed by atoms with Crippen LogP contribution in [-0.2, 0) is 0 Å². The quantitative estimate of drug-likeness (QED) is 0.333. The molecule has 0 spiro atoms. The Bertz CT molecular complexity index is 66.1. The third-order valence-electron chi connectivity index (χ3n) is 0.945. The van der Waals surface area contributed by atoms with Crippen LogP contribution in [0.3, 0.4) is 0 Å². The fraction of sp³-hybridized carbons (Fsp3) is 1.00. The van der Waals surface area contributed by atoms with Crippen LogP contribution in [0.4, 0.5) is 0 Å². The third-order valence-corrected chi connectivity index (χ3v) is 0.945. The smallest absolute Gasteiger partial charge is 1.00 e. The third kappa shape index (κ3) is 4.07. The molecule has 0 amide bonds. The van der Waals surface area contributed by atoms with Gasteiger partial charge in [-0.15, -0.1) is 0 Å². The summed E-state index contributed by atoms with van der Waals surface area (Å²) in [6.45, 7) is -1.21. The number of hydrogen-bond donors (Lipinski definition) is 4. The van der Waals surface area contributed by atoms with Gasteiger partial charge in [0, 0.05) is 0 Å². The van der Waals surface area contributed by atoms with Crippen molar-refractivity contribution in [2.24, 2.45) is 5.73 Å². The zero-order valence-corrected chi connectivity index (χ0v) is 6.66. The minimum Gasteiger partial charge on any atom is -1.00 e. The first kappa shape index (κ1) is 12.3. The van der Waals surface area contributed by atoms with Gasteiger partial charge in [-0.25, -0.2) is 0 Å². The molecule has 0 rings (SSSR count). The predicted octanol–water partition coefficient (Wildman–Crippen LogP) is -2.49. The van der Waals surface area contributed by atoms with Crippen LogP contribution in [-0.4, -0.2) is 63.7 Å². The summed E-state index contributed by atoms with van der Waals surface area (Å²) in [6.07, 6.45) is 0. The molecule has 0 aliphatic heterocycles. The maximum atomic E-state index is 8.34. The monoisotopic (exact) mass is 147 g/mol. The number of rotatable bonds is 3. The predicted molar refractivity (Wildman–Crippen MR) is 36.2 cm³/mol. The van der Waals surface area contributed by atoms with Crippen LogP contribution < -0.4 is 5.73 Å². The van der Waals surface area contributed by atoms with Crippen molar-refractivity contribution in [3.05, 3.63) is 0 Å². The molecule has 0 aromatic heterocycles. The van der Waals surface area contributed by atoms with E-state index in [0.717, 1.165) is 0 Å². The maximum absolute atomic E-state index is 8.34. The number of aliphatic hydroxyl groups is 3. The molecule has 0 atom stereocenters. The SMILES string of the molecule is NC(CO)(CO)CO.[H-].[H-].[Mg+2]. The summed E-state index contributed by atoms with van der Waals surface area (Å²) >= 11 is 0. The summed E-state index contributed by atoms with van der Waals surface area (Å²) < 4.78 is 0. The normalized spacial score (nSPS) is 10.7. The average Bonchev–Trinajstić information content (AvgIpc) is 1.87. The minimum absolute atomic E-state index is 0. The van der Waals surface area contributed by atoms with E-state index in [9.17, 15) is 0 Å². The Kier molecular flexibility index (Phi) is 7.37. The fourth-order valence-electron chi connectivity index (χ4n) is 0.150. The van der Waals surface area contributed by atoms with Crippen molar-refractivity contribution in [2.45, 2.75) is 5.54 Å². The Morgan fingerprint density at radius 3 is 1.33 bits per heavy atom. The molecule has 0 aliphatic rings. The molecule has 0 aromatic rings.